The molecule has 1 aliphatic rings. The molecule has 1 amide bonds. The zero-order valence-electron chi connectivity index (χ0n) is 9.15. The van der Waals surface area contributed by atoms with Crippen LogP contribution in [0.25, 0.3) is 0 Å². The molecule has 0 spiro atoms. The third-order valence-corrected chi connectivity index (χ3v) is 2.70. The van der Waals surface area contributed by atoms with Crippen molar-refractivity contribution >= 4 is 12.1 Å². The van der Waals surface area contributed by atoms with Crippen LogP contribution < -0.4 is 5.32 Å². The van der Waals surface area contributed by atoms with Crippen LogP contribution >= 0.6 is 0 Å². The topological polar surface area (TPSA) is 75.6 Å². The molecule has 2 N–H and O–H groups in total. The van der Waals surface area contributed by atoms with Gasteiger partial charge in [0, 0.05) is 0 Å². The summed E-state index contributed by atoms with van der Waals surface area (Å²) in [6.07, 6.45) is 4.81. The maximum absolute atomic E-state index is 11.2. The van der Waals surface area contributed by atoms with E-state index in [1.807, 2.05) is 6.08 Å². The van der Waals surface area contributed by atoms with E-state index < -0.39 is 18.6 Å². The van der Waals surface area contributed by atoms with Crippen molar-refractivity contribution in [2.45, 2.75) is 31.8 Å². The summed E-state index contributed by atoms with van der Waals surface area (Å²) in [7, 11) is 0. The number of carbonyl (C=O) groups is 2. The molecule has 0 bridgehead atoms. The maximum Gasteiger partial charge on any atom is 0.407 e. The molecular weight excluding hydrogens is 210 g/mol. The fourth-order valence-electron chi connectivity index (χ4n) is 1.97. The molecule has 90 valence electrons. The summed E-state index contributed by atoms with van der Waals surface area (Å²) in [6.45, 7) is 3.26. The van der Waals surface area contributed by atoms with Gasteiger partial charge in [-0.3, -0.25) is 4.79 Å². The molecule has 1 rings (SSSR count). The maximum atomic E-state index is 11.2. The third kappa shape index (κ3) is 3.92. The number of carboxylic acid groups (broad SMARTS) is 1. The molecule has 0 aromatic rings. The Morgan fingerprint density at radius 1 is 1.50 bits per heavy atom. The lowest BCUT2D eigenvalue weighted by Crippen LogP contribution is -2.33. The lowest BCUT2D eigenvalue weighted by Gasteiger charge is -2.18. The first-order valence-corrected chi connectivity index (χ1v) is 5.40. The zero-order chi connectivity index (χ0) is 12.0. The molecule has 0 aromatic carbocycles. The minimum absolute atomic E-state index is 0.105. The predicted molar refractivity (Wildman–Crippen MR) is 58.1 cm³/mol. The van der Waals surface area contributed by atoms with Crippen LogP contribution in [0.5, 0.6) is 0 Å². The van der Waals surface area contributed by atoms with Crippen molar-refractivity contribution in [3.63, 3.8) is 0 Å². The van der Waals surface area contributed by atoms with Gasteiger partial charge in [-0.05, 0) is 31.6 Å². The number of ether oxygens (including phenoxy) is 1. The van der Waals surface area contributed by atoms with Crippen molar-refractivity contribution in [1.29, 1.82) is 0 Å². The fourth-order valence-corrected chi connectivity index (χ4v) is 1.97. The third-order valence-electron chi connectivity index (χ3n) is 2.70. The summed E-state index contributed by atoms with van der Waals surface area (Å²) in [5, 5.41) is 10.6. The SMILES string of the molecule is C=CC[C@@H]1CCC[C@H]1OC(=O)NCC(=O)O. The molecule has 0 unspecified atom stereocenters. The van der Waals surface area contributed by atoms with Crippen LogP contribution in [0.1, 0.15) is 25.7 Å². The normalized spacial score (nSPS) is 23.8. The second kappa shape index (κ2) is 6.15. The Kier molecular flexibility index (Phi) is 4.82. The Balaban J connectivity index is 2.31. The van der Waals surface area contributed by atoms with E-state index in [-0.39, 0.29) is 6.10 Å². The number of aliphatic carboxylic acids is 1. The number of carbonyl (C=O) groups excluding carboxylic acids is 1. The molecule has 0 heterocycles. The molecule has 2 atom stereocenters. The van der Waals surface area contributed by atoms with E-state index in [4.69, 9.17) is 9.84 Å². The van der Waals surface area contributed by atoms with Crippen LogP contribution in [0.2, 0.25) is 0 Å². The number of carboxylic acids is 1. The van der Waals surface area contributed by atoms with Gasteiger partial charge in [-0.15, -0.1) is 6.58 Å². The average molecular weight is 227 g/mol. The minimum atomic E-state index is -1.08. The van der Waals surface area contributed by atoms with E-state index in [2.05, 4.69) is 11.9 Å². The lowest BCUT2D eigenvalue weighted by molar-refractivity contribution is -0.135. The van der Waals surface area contributed by atoms with Gasteiger partial charge in [0.05, 0.1) is 0 Å². The molecule has 5 nitrogen and oxygen atoms in total. The molecule has 0 aliphatic heterocycles. The van der Waals surface area contributed by atoms with Gasteiger partial charge < -0.3 is 15.2 Å². The summed E-state index contributed by atoms with van der Waals surface area (Å²) in [6, 6.07) is 0. The smallest absolute Gasteiger partial charge is 0.407 e. The van der Waals surface area contributed by atoms with Gasteiger partial charge in [0.15, 0.2) is 0 Å². The lowest BCUT2D eigenvalue weighted by atomic mass is 10.0. The molecule has 0 saturated heterocycles. The molecule has 0 radical (unpaired) electrons. The molecule has 1 fully saturated rings. The summed E-state index contributed by atoms with van der Waals surface area (Å²) in [5.74, 6) is -0.751. The number of hydrogen-bond donors (Lipinski definition) is 2. The van der Waals surface area contributed by atoms with E-state index in [0.717, 1.165) is 25.7 Å². The second-order valence-corrected chi connectivity index (χ2v) is 3.91. The van der Waals surface area contributed by atoms with Crippen LogP contribution in [0, 0.1) is 5.92 Å². The van der Waals surface area contributed by atoms with Crippen LogP contribution in [0.4, 0.5) is 4.79 Å². The largest absolute Gasteiger partial charge is 0.480 e. The number of hydrogen-bond acceptors (Lipinski definition) is 3. The second-order valence-electron chi connectivity index (χ2n) is 3.91. The molecule has 0 aromatic heterocycles. The van der Waals surface area contributed by atoms with E-state index in [9.17, 15) is 9.59 Å². The van der Waals surface area contributed by atoms with E-state index in [1.54, 1.807) is 0 Å². The van der Waals surface area contributed by atoms with Gasteiger partial charge in [-0.25, -0.2) is 4.79 Å². The van der Waals surface area contributed by atoms with Crippen molar-refractivity contribution in [2.24, 2.45) is 5.92 Å². The number of alkyl carbamates (subject to hydrolysis) is 1. The summed E-state index contributed by atoms with van der Waals surface area (Å²) >= 11 is 0. The Labute approximate surface area is 94.5 Å². The summed E-state index contributed by atoms with van der Waals surface area (Å²) < 4.78 is 5.17. The van der Waals surface area contributed by atoms with Crippen LogP contribution in [0.3, 0.4) is 0 Å². The summed E-state index contributed by atoms with van der Waals surface area (Å²) in [4.78, 5) is 21.5. The van der Waals surface area contributed by atoms with E-state index in [1.165, 1.54) is 0 Å². The fraction of sp³-hybridized carbons (Fsp3) is 0.636. The van der Waals surface area contributed by atoms with Gasteiger partial charge >= 0.3 is 12.1 Å². The Hall–Kier alpha value is -1.52. The standard InChI is InChI=1S/C11H17NO4/c1-2-4-8-5-3-6-9(8)16-11(15)12-7-10(13)14/h2,8-9H,1,3-7H2,(H,12,15)(H,13,14)/t8-,9-/m1/s1. The first-order valence-electron chi connectivity index (χ1n) is 5.40. The first-order chi connectivity index (χ1) is 7.63. The van der Waals surface area contributed by atoms with Gasteiger partial charge in [0.1, 0.15) is 12.6 Å². The Morgan fingerprint density at radius 3 is 2.88 bits per heavy atom. The zero-order valence-corrected chi connectivity index (χ0v) is 9.15. The highest BCUT2D eigenvalue weighted by atomic mass is 16.6. The predicted octanol–water partition coefficient (Wildman–Crippen LogP) is 1.54. The first kappa shape index (κ1) is 12.5. The van der Waals surface area contributed by atoms with E-state index >= 15 is 0 Å². The molecule has 16 heavy (non-hydrogen) atoms. The molecule has 5 heteroatoms. The molecule has 1 saturated carbocycles. The molecular formula is C11H17NO4. The molecule has 1 aliphatic carbocycles. The highest BCUT2D eigenvalue weighted by Gasteiger charge is 2.29. The van der Waals surface area contributed by atoms with Gasteiger partial charge in [-0.1, -0.05) is 6.08 Å². The van der Waals surface area contributed by atoms with Gasteiger partial charge in [0.2, 0.25) is 0 Å². The van der Waals surface area contributed by atoms with Gasteiger partial charge in [0.25, 0.3) is 0 Å². The van der Waals surface area contributed by atoms with E-state index in [0.29, 0.717) is 5.92 Å². The van der Waals surface area contributed by atoms with Crippen molar-refractivity contribution in [3.05, 3.63) is 12.7 Å². The number of nitrogens with one attached hydrogen (secondary N) is 1. The Bertz CT molecular complexity index is 277. The van der Waals surface area contributed by atoms with Crippen LogP contribution in [-0.2, 0) is 9.53 Å². The summed E-state index contributed by atoms with van der Waals surface area (Å²) in [5.41, 5.74) is 0. The monoisotopic (exact) mass is 227 g/mol. The van der Waals surface area contributed by atoms with Crippen LogP contribution in [0.15, 0.2) is 12.7 Å². The Morgan fingerprint density at radius 2 is 2.25 bits per heavy atom. The minimum Gasteiger partial charge on any atom is -0.480 e. The van der Waals surface area contributed by atoms with Gasteiger partial charge in [-0.2, -0.15) is 0 Å². The highest BCUT2D eigenvalue weighted by Crippen LogP contribution is 2.30. The number of allylic oxidation sites excluding steroid dienone is 1. The average Bonchev–Trinajstić information content (AvgIpc) is 2.63. The van der Waals surface area contributed by atoms with Crippen molar-refractivity contribution in [3.8, 4) is 0 Å². The van der Waals surface area contributed by atoms with Crippen molar-refractivity contribution in [1.82, 2.24) is 5.32 Å². The highest BCUT2D eigenvalue weighted by molar-refractivity contribution is 5.76. The number of amides is 1. The number of rotatable bonds is 5. The van der Waals surface area contributed by atoms with Crippen molar-refractivity contribution in [2.75, 3.05) is 6.54 Å². The quantitative estimate of drug-likeness (QED) is 0.698. The van der Waals surface area contributed by atoms with Crippen molar-refractivity contribution < 1.29 is 19.4 Å². The van der Waals surface area contributed by atoms with Crippen LogP contribution in [-0.4, -0.2) is 29.8 Å².